The average Bonchev–Trinajstić information content (AvgIpc) is 2.28. The largest absolute Gasteiger partial charge is 0.475 e. The van der Waals surface area contributed by atoms with E-state index >= 15 is 0 Å². The van der Waals surface area contributed by atoms with Crippen LogP contribution in [-0.2, 0) is 0 Å². The lowest BCUT2D eigenvalue weighted by Crippen LogP contribution is -2.25. The van der Waals surface area contributed by atoms with Crippen molar-refractivity contribution in [2.45, 2.75) is 26.4 Å². The normalized spacial score (nSPS) is 10.6. The Balaban J connectivity index is 3.21. The molecule has 5 nitrogen and oxygen atoms in total. The third-order valence-corrected chi connectivity index (χ3v) is 2.27. The minimum atomic E-state index is -0.869. The van der Waals surface area contributed by atoms with Gasteiger partial charge in [-0.3, -0.25) is 14.9 Å². The van der Waals surface area contributed by atoms with Crippen LogP contribution in [0.4, 0.5) is 5.69 Å². The first-order valence-corrected chi connectivity index (χ1v) is 5.23. The molecule has 0 unspecified atom stereocenters. The Kier molecular flexibility index (Phi) is 3.72. The first kappa shape index (κ1) is 13.7. The van der Waals surface area contributed by atoms with Gasteiger partial charge in [0, 0.05) is 0 Å². The lowest BCUT2D eigenvalue weighted by molar-refractivity contribution is -0.385. The number of benzene rings is 1. The van der Waals surface area contributed by atoms with Crippen LogP contribution in [0.2, 0.25) is 0 Å². The van der Waals surface area contributed by atoms with E-state index in [4.69, 9.17) is 11.2 Å². The summed E-state index contributed by atoms with van der Waals surface area (Å²) in [4.78, 5) is 21.5. The number of hydrogen-bond acceptors (Lipinski definition) is 4. The molecular weight excluding hydrogens is 234 g/mol. The fraction of sp³-hybridized carbons (Fsp3) is 0.308. The van der Waals surface area contributed by atoms with Crippen molar-refractivity contribution >= 4 is 11.5 Å². The lowest BCUT2D eigenvalue weighted by atomic mass is 10.1. The van der Waals surface area contributed by atoms with E-state index in [0.29, 0.717) is 0 Å². The number of nitro groups is 1. The summed E-state index contributed by atoms with van der Waals surface area (Å²) in [5.41, 5.74) is -1.11. The summed E-state index contributed by atoms with van der Waals surface area (Å²) < 4.78 is 5.42. The van der Waals surface area contributed by atoms with E-state index in [1.54, 1.807) is 13.8 Å². The van der Waals surface area contributed by atoms with Crippen molar-refractivity contribution < 1.29 is 14.5 Å². The molecule has 0 amide bonds. The number of rotatable bonds is 4. The van der Waals surface area contributed by atoms with E-state index in [9.17, 15) is 14.9 Å². The van der Waals surface area contributed by atoms with Crippen LogP contribution in [0.3, 0.4) is 0 Å². The van der Waals surface area contributed by atoms with Crippen molar-refractivity contribution in [2.75, 3.05) is 0 Å². The van der Waals surface area contributed by atoms with Crippen molar-refractivity contribution in [2.24, 2.45) is 0 Å². The first-order valence-electron chi connectivity index (χ1n) is 5.23. The Labute approximate surface area is 105 Å². The second kappa shape index (κ2) is 4.88. The Morgan fingerprint density at radius 2 is 2.11 bits per heavy atom. The van der Waals surface area contributed by atoms with Crippen molar-refractivity contribution in [3.05, 3.63) is 33.9 Å². The highest BCUT2D eigenvalue weighted by molar-refractivity contribution is 5.98. The van der Waals surface area contributed by atoms with E-state index in [1.165, 1.54) is 25.1 Å². The minimum Gasteiger partial charge on any atom is -0.475 e. The Morgan fingerprint density at radius 1 is 1.50 bits per heavy atom. The van der Waals surface area contributed by atoms with Gasteiger partial charge in [0.1, 0.15) is 5.75 Å². The molecule has 0 N–H and O–H groups in total. The molecule has 0 fully saturated rings. The molecule has 0 spiro atoms. The first-order chi connectivity index (χ1) is 8.26. The second-order valence-corrected chi connectivity index (χ2v) is 4.25. The number of ketones is 1. The monoisotopic (exact) mass is 247 g/mol. The van der Waals surface area contributed by atoms with Gasteiger partial charge in [-0.1, -0.05) is 5.92 Å². The summed E-state index contributed by atoms with van der Waals surface area (Å²) >= 11 is 0. The van der Waals surface area contributed by atoms with Crippen LogP contribution < -0.4 is 4.74 Å². The van der Waals surface area contributed by atoms with E-state index in [0.717, 1.165) is 0 Å². The Bertz CT molecular complexity index is 540. The molecule has 0 aliphatic rings. The molecule has 0 saturated heterocycles. The van der Waals surface area contributed by atoms with Gasteiger partial charge < -0.3 is 4.74 Å². The van der Waals surface area contributed by atoms with Gasteiger partial charge in [-0.25, -0.2) is 0 Å². The molecule has 1 aromatic carbocycles. The van der Waals surface area contributed by atoms with Gasteiger partial charge in [-0.2, -0.15) is 0 Å². The molecule has 0 heterocycles. The van der Waals surface area contributed by atoms with Crippen LogP contribution >= 0.6 is 0 Å². The van der Waals surface area contributed by atoms with Gasteiger partial charge in [0.15, 0.2) is 11.4 Å². The summed E-state index contributed by atoms with van der Waals surface area (Å²) in [7, 11) is 0. The molecule has 0 aromatic heterocycles. The van der Waals surface area contributed by atoms with E-state index in [2.05, 4.69) is 5.92 Å². The zero-order valence-electron chi connectivity index (χ0n) is 10.4. The number of nitro benzene ring substituents is 1. The standard InChI is InChI=1S/C13H13NO4/c1-5-13(3,4)18-10-6-7-11(9(2)15)12(8-10)14(16)17/h1,6-8H,2-4H3. The smallest absolute Gasteiger partial charge is 0.283 e. The third kappa shape index (κ3) is 3.08. The lowest BCUT2D eigenvalue weighted by Gasteiger charge is -2.20. The summed E-state index contributed by atoms with van der Waals surface area (Å²) in [5, 5.41) is 10.9. The van der Waals surface area contributed by atoms with Gasteiger partial charge in [-0.05, 0) is 32.9 Å². The Hall–Kier alpha value is -2.35. The molecule has 0 atom stereocenters. The molecule has 0 aliphatic carbocycles. The average molecular weight is 247 g/mol. The maximum Gasteiger partial charge on any atom is 0.283 e. The predicted octanol–water partition coefficient (Wildman–Crippen LogP) is 2.59. The zero-order chi connectivity index (χ0) is 13.9. The molecule has 0 bridgehead atoms. The molecule has 0 aliphatic heterocycles. The Morgan fingerprint density at radius 3 is 2.56 bits per heavy atom. The van der Waals surface area contributed by atoms with Crippen LogP contribution in [0.25, 0.3) is 0 Å². The third-order valence-electron chi connectivity index (χ3n) is 2.27. The number of Topliss-reactive ketones (excluding diaryl/α,β-unsaturated/α-hetero) is 1. The number of hydrogen-bond donors (Lipinski definition) is 0. The number of carbonyl (C=O) groups is 1. The zero-order valence-corrected chi connectivity index (χ0v) is 10.4. The van der Waals surface area contributed by atoms with Crippen LogP contribution in [0.1, 0.15) is 31.1 Å². The molecule has 1 rings (SSSR count). The van der Waals surface area contributed by atoms with Gasteiger partial charge in [0.25, 0.3) is 5.69 Å². The molecule has 18 heavy (non-hydrogen) atoms. The van der Waals surface area contributed by atoms with Crippen LogP contribution in [-0.4, -0.2) is 16.3 Å². The van der Waals surface area contributed by atoms with Crippen LogP contribution in [0.15, 0.2) is 18.2 Å². The predicted molar refractivity (Wildman–Crippen MR) is 66.6 cm³/mol. The van der Waals surface area contributed by atoms with Crippen molar-refractivity contribution in [1.29, 1.82) is 0 Å². The SMILES string of the molecule is C#CC(C)(C)Oc1ccc(C(C)=O)c([N+](=O)[O-])c1. The second-order valence-electron chi connectivity index (χ2n) is 4.25. The van der Waals surface area contributed by atoms with Crippen LogP contribution in [0.5, 0.6) is 5.75 Å². The van der Waals surface area contributed by atoms with Gasteiger partial charge in [0.2, 0.25) is 0 Å². The quantitative estimate of drug-likeness (QED) is 0.355. The van der Waals surface area contributed by atoms with Gasteiger partial charge in [-0.15, -0.1) is 6.42 Å². The maximum absolute atomic E-state index is 11.2. The molecular formula is C13H13NO4. The number of terminal acetylenes is 1. The van der Waals surface area contributed by atoms with E-state index in [-0.39, 0.29) is 22.8 Å². The van der Waals surface area contributed by atoms with E-state index in [1.807, 2.05) is 0 Å². The highest BCUT2D eigenvalue weighted by Gasteiger charge is 2.21. The topological polar surface area (TPSA) is 69.4 Å². The highest BCUT2D eigenvalue weighted by Crippen LogP contribution is 2.27. The molecule has 94 valence electrons. The van der Waals surface area contributed by atoms with Crippen molar-refractivity contribution in [3.63, 3.8) is 0 Å². The van der Waals surface area contributed by atoms with Crippen molar-refractivity contribution in [3.8, 4) is 18.1 Å². The fourth-order valence-electron chi connectivity index (χ4n) is 1.35. The minimum absolute atomic E-state index is 0.0471. The molecule has 1 aromatic rings. The summed E-state index contributed by atoms with van der Waals surface area (Å²) in [6, 6.07) is 4.06. The number of nitrogens with zero attached hydrogens (tertiary/aromatic N) is 1. The van der Waals surface area contributed by atoms with Crippen molar-refractivity contribution in [1.82, 2.24) is 0 Å². The van der Waals surface area contributed by atoms with Gasteiger partial charge >= 0.3 is 0 Å². The highest BCUT2D eigenvalue weighted by atomic mass is 16.6. The van der Waals surface area contributed by atoms with E-state index < -0.39 is 10.5 Å². The molecule has 0 radical (unpaired) electrons. The number of ether oxygens (including phenoxy) is 1. The molecule has 0 saturated carbocycles. The summed E-state index contributed by atoms with van der Waals surface area (Å²) in [6.07, 6.45) is 5.27. The molecule has 5 heteroatoms. The van der Waals surface area contributed by atoms with Gasteiger partial charge in [0.05, 0.1) is 16.6 Å². The number of carbonyl (C=O) groups excluding carboxylic acids is 1. The fourth-order valence-corrected chi connectivity index (χ4v) is 1.35. The van der Waals surface area contributed by atoms with Crippen LogP contribution in [0, 0.1) is 22.5 Å². The summed E-state index contributed by atoms with van der Waals surface area (Å²) in [5.74, 6) is 2.30. The summed E-state index contributed by atoms with van der Waals surface area (Å²) in [6.45, 7) is 4.60. The maximum atomic E-state index is 11.2.